The van der Waals surface area contributed by atoms with Crippen molar-refractivity contribution in [2.75, 3.05) is 0 Å². The molecule has 0 aliphatic heterocycles. The summed E-state index contributed by atoms with van der Waals surface area (Å²) in [6.45, 7) is 0. The second-order valence-electron chi connectivity index (χ2n) is 4.98. The van der Waals surface area contributed by atoms with Crippen LogP contribution in [-0.2, 0) is 6.42 Å². The van der Waals surface area contributed by atoms with E-state index in [9.17, 15) is 5.26 Å². The summed E-state index contributed by atoms with van der Waals surface area (Å²) in [6.07, 6.45) is 0.760. The van der Waals surface area contributed by atoms with Gasteiger partial charge in [0.1, 0.15) is 0 Å². The molecule has 0 amide bonds. The molecule has 0 heterocycles. The van der Waals surface area contributed by atoms with Crippen LogP contribution in [0, 0.1) is 11.3 Å². The highest BCUT2D eigenvalue weighted by atomic mass is 14.3. The van der Waals surface area contributed by atoms with Crippen molar-refractivity contribution in [3.05, 3.63) is 83.9 Å². The Labute approximate surface area is 119 Å². The second-order valence-corrected chi connectivity index (χ2v) is 4.98. The van der Waals surface area contributed by atoms with E-state index in [4.69, 9.17) is 0 Å². The van der Waals surface area contributed by atoms with Gasteiger partial charge in [0.15, 0.2) is 0 Å². The van der Waals surface area contributed by atoms with Crippen molar-refractivity contribution >= 4 is 10.8 Å². The van der Waals surface area contributed by atoms with Crippen molar-refractivity contribution in [3.63, 3.8) is 0 Å². The van der Waals surface area contributed by atoms with Crippen molar-refractivity contribution in [3.8, 4) is 6.07 Å². The minimum Gasteiger partial charge on any atom is -0.198 e. The highest BCUT2D eigenvalue weighted by Gasteiger charge is 2.11. The third kappa shape index (κ3) is 2.55. The Morgan fingerprint density at radius 1 is 0.800 bits per heavy atom. The Hall–Kier alpha value is -2.59. The Bertz CT molecular complexity index is 753. The predicted octanol–water partition coefficient (Wildman–Crippen LogP) is 4.69. The molecule has 0 N–H and O–H groups in total. The topological polar surface area (TPSA) is 23.8 Å². The molecule has 20 heavy (non-hydrogen) atoms. The first-order chi connectivity index (χ1) is 9.86. The number of nitrogens with zero attached hydrogens (tertiary/aromatic N) is 1. The van der Waals surface area contributed by atoms with Gasteiger partial charge in [-0.2, -0.15) is 5.26 Å². The van der Waals surface area contributed by atoms with Gasteiger partial charge in [-0.1, -0.05) is 66.7 Å². The van der Waals surface area contributed by atoms with Crippen molar-refractivity contribution < 1.29 is 0 Å². The molecule has 3 aromatic rings. The highest BCUT2D eigenvalue weighted by Crippen LogP contribution is 2.24. The zero-order valence-corrected chi connectivity index (χ0v) is 11.2. The van der Waals surface area contributed by atoms with Crippen LogP contribution in [0.3, 0.4) is 0 Å². The summed E-state index contributed by atoms with van der Waals surface area (Å²) in [5.41, 5.74) is 2.29. The summed E-state index contributed by atoms with van der Waals surface area (Å²) in [5.74, 6) is -0.0954. The lowest BCUT2D eigenvalue weighted by Crippen LogP contribution is -2.00. The molecule has 0 spiro atoms. The van der Waals surface area contributed by atoms with Gasteiger partial charge in [-0.05, 0) is 34.4 Å². The third-order valence-electron chi connectivity index (χ3n) is 3.61. The lowest BCUT2D eigenvalue weighted by molar-refractivity contribution is 0.851. The predicted molar refractivity (Wildman–Crippen MR) is 82.4 cm³/mol. The average molecular weight is 257 g/mol. The van der Waals surface area contributed by atoms with Gasteiger partial charge >= 0.3 is 0 Å². The van der Waals surface area contributed by atoms with Crippen LogP contribution in [0.4, 0.5) is 0 Å². The minimum absolute atomic E-state index is 0.0954. The van der Waals surface area contributed by atoms with Crippen LogP contribution >= 0.6 is 0 Å². The van der Waals surface area contributed by atoms with Gasteiger partial charge in [0.2, 0.25) is 0 Å². The molecule has 0 unspecified atom stereocenters. The number of benzene rings is 3. The van der Waals surface area contributed by atoms with Crippen LogP contribution in [0.1, 0.15) is 17.0 Å². The molecule has 0 saturated heterocycles. The SMILES string of the molecule is N#C[C@H](Cc1ccccc1)c1ccc2ccccc2c1. The van der Waals surface area contributed by atoms with Crippen LogP contribution in [0.15, 0.2) is 72.8 Å². The number of hydrogen-bond donors (Lipinski definition) is 0. The maximum absolute atomic E-state index is 9.46. The van der Waals surface area contributed by atoms with Crippen molar-refractivity contribution in [1.82, 2.24) is 0 Å². The Kier molecular flexibility index (Phi) is 3.48. The number of fused-ring (bicyclic) bond motifs is 1. The fraction of sp³-hybridized carbons (Fsp3) is 0.105. The largest absolute Gasteiger partial charge is 0.198 e. The molecule has 1 nitrogen and oxygen atoms in total. The second kappa shape index (κ2) is 5.59. The molecule has 0 radical (unpaired) electrons. The number of rotatable bonds is 3. The van der Waals surface area contributed by atoms with Crippen molar-refractivity contribution in [2.45, 2.75) is 12.3 Å². The summed E-state index contributed by atoms with van der Waals surface area (Å²) >= 11 is 0. The lowest BCUT2D eigenvalue weighted by atomic mass is 9.92. The standard InChI is InChI=1S/C19H15N/c20-14-19(12-15-6-2-1-3-7-15)18-11-10-16-8-4-5-9-17(16)13-18/h1-11,13,19H,12H2/t19-/m0/s1. The van der Waals surface area contributed by atoms with Crippen LogP contribution in [-0.4, -0.2) is 0 Å². The fourth-order valence-corrected chi connectivity index (χ4v) is 2.51. The van der Waals surface area contributed by atoms with Gasteiger partial charge in [-0.3, -0.25) is 0 Å². The van der Waals surface area contributed by atoms with E-state index in [-0.39, 0.29) is 5.92 Å². The zero-order chi connectivity index (χ0) is 13.8. The highest BCUT2D eigenvalue weighted by molar-refractivity contribution is 5.83. The molecule has 96 valence electrons. The zero-order valence-electron chi connectivity index (χ0n) is 11.2. The Balaban J connectivity index is 1.93. The fourth-order valence-electron chi connectivity index (χ4n) is 2.51. The quantitative estimate of drug-likeness (QED) is 0.667. The lowest BCUT2D eigenvalue weighted by Gasteiger charge is -2.10. The summed E-state index contributed by atoms with van der Waals surface area (Å²) in [6, 6.07) is 27.2. The first-order valence-corrected chi connectivity index (χ1v) is 6.79. The smallest absolute Gasteiger partial charge is 0.0753 e. The molecule has 1 heteroatoms. The van der Waals surface area contributed by atoms with E-state index in [2.05, 4.69) is 48.5 Å². The molecule has 3 rings (SSSR count). The summed E-state index contributed by atoms with van der Waals surface area (Å²) < 4.78 is 0. The maximum atomic E-state index is 9.46. The van der Waals surface area contributed by atoms with Crippen LogP contribution in [0.25, 0.3) is 10.8 Å². The average Bonchev–Trinajstić information content (AvgIpc) is 2.53. The summed E-state index contributed by atoms with van der Waals surface area (Å²) in [7, 11) is 0. The van der Waals surface area contributed by atoms with Crippen molar-refractivity contribution in [1.29, 1.82) is 5.26 Å². The first-order valence-electron chi connectivity index (χ1n) is 6.79. The van der Waals surface area contributed by atoms with Crippen LogP contribution in [0.2, 0.25) is 0 Å². The van der Waals surface area contributed by atoms with Crippen LogP contribution in [0.5, 0.6) is 0 Å². The van der Waals surface area contributed by atoms with Gasteiger partial charge in [-0.25, -0.2) is 0 Å². The van der Waals surface area contributed by atoms with Gasteiger partial charge in [0, 0.05) is 0 Å². The summed E-state index contributed by atoms with van der Waals surface area (Å²) in [5, 5.41) is 11.9. The van der Waals surface area contributed by atoms with Crippen molar-refractivity contribution in [2.24, 2.45) is 0 Å². The van der Waals surface area contributed by atoms with E-state index in [0.29, 0.717) is 0 Å². The van der Waals surface area contributed by atoms with Gasteiger partial charge < -0.3 is 0 Å². The third-order valence-corrected chi connectivity index (χ3v) is 3.61. The Morgan fingerprint density at radius 3 is 2.25 bits per heavy atom. The van der Waals surface area contributed by atoms with E-state index in [0.717, 1.165) is 12.0 Å². The molecular formula is C19H15N. The number of nitriles is 1. The number of hydrogen-bond acceptors (Lipinski definition) is 1. The molecule has 0 aromatic heterocycles. The summed E-state index contributed by atoms with van der Waals surface area (Å²) in [4.78, 5) is 0. The maximum Gasteiger partial charge on any atom is 0.0753 e. The normalized spacial score (nSPS) is 11.9. The van der Waals surface area contributed by atoms with Crippen LogP contribution < -0.4 is 0 Å². The van der Waals surface area contributed by atoms with E-state index < -0.39 is 0 Å². The van der Waals surface area contributed by atoms with E-state index in [1.54, 1.807) is 0 Å². The van der Waals surface area contributed by atoms with E-state index in [1.807, 2.05) is 30.3 Å². The van der Waals surface area contributed by atoms with E-state index in [1.165, 1.54) is 16.3 Å². The van der Waals surface area contributed by atoms with Gasteiger partial charge in [-0.15, -0.1) is 0 Å². The van der Waals surface area contributed by atoms with E-state index >= 15 is 0 Å². The van der Waals surface area contributed by atoms with Gasteiger partial charge in [0.25, 0.3) is 0 Å². The first kappa shape index (κ1) is 12.4. The Morgan fingerprint density at radius 2 is 1.50 bits per heavy atom. The molecule has 0 saturated carbocycles. The minimum atomic E-state index is -0.0954. The molecule has 0 fully saturated rings. The molecular weight excluding hydrogens is 242 g/mol. The molecule has 0 aliphatic rings. The monoisotopic (exact) mass is 257 g/mol. The molecule has 3 aromatic carbocycles. The molecule has 0 aliphatic carbocycles. The molecule has 1 atom stereocenters. The molecule has 0 bridgehead atoms. The van der Waals surface area contributed by atoms with Gasteiger partial charge in [0.05, 0.1) is 12.0 Å².